The molecule has 0 unspecified atom stereocenters. The molecule has 1 saturated heterocycles. The number of benzene rings is 1. The number of nitrogens with one attached hydrogen (secondary N) is 1. The van der Waals surface area contributed by atoms with Crippen molar-refractivity contribution >= 4 is 17.6 Å². The fraction of sp³-hybridized carbons (Fsp3) is 0.556. The lowest BCUT2D eigenvalue weighted by Crippen LogP contribution is -2.37. The molecule has 1 heterocycles. The molecule has 1 N–H and O–H groups in total. The first-order valence-electron chi connectivity index (χ1n) is 8.41. The minimum atomic E-state index is -0.481. The maximum atomic E-state index is 12.3. The number of likely N-dealkylation sites (tertiary alicyclic amines) is 1. The Morgan fingerprint density at radius 2 is 1.83 bits per heavy atom. The average molecular weight is 318 g/mol. The Morgan fingerprint density at radius 1 is 1.17 bits per heavy atom. The number of nitrogens with zero attached hydrogens (tertiary/aromatic N) is 1. The first kappa shape index (κ1) is 17.5. The van der Waals surface area contributed by atoms with E-state index in [9.17, 15) is 9.59 Å². The van der Waals surface area contributed by atoms with Crippen LogP contribution in [-0.4, -0.2) is 43.0 Å². The zero-order valence-electron chi connectivity index (χ0n) is 14.0. The van der Waals surface area contributed by atoms with Crippen LogP contribution in [0, 0.1) is 5.92 Å². The molecule has 1 fully saturated rings. The summed E-state index contributed by atoms with van der Waals surface area (Å²) in [6.45, 7) is 6.81. The van der Waals surface area contributed by atoms with E-state index in [4.69, 9.17) is 4.74 Å². The molecule has 126 valence electrons. The predicted octanol–water partition coefficient (Wildman–Crippen LogP) is 3.56. The zero-order valence-corrected chi connectivity index (χ0v) is 14.0. The van der Waals surface area contributed by atoms with Crippen molar-refractivity contribution in [1.82, 2.24) is 4.90 Å². The van der Waals surface area contributed by atoms with Gasteiger partial charge in [0.1, 0.15) is 0 Å². The zero-order chi connectivity index (χ0) is 16.7. The fourth-order valence-electron chi connectivity index (χ4n) is 2.87. The highest BCUT2D eigenvalue weighted by atomic mass is 16.5. The first-order chi connectivity index (χ1) is 11.1. The molecule has 0 atom stereocenters. The number of piperidine rings is 1. The number of Topliss-reactive ketones (excluding diaryl/α,β-unsaturated/α-hetero) is 1. The van der Waals surface area contributed by atoms with Gasteiger partial charge in [0, 0.05) is 11.3 Å². The number of carbonyl (C=O) groups excluding carboxylic acids is 2. The van der Waals surface area contributed by atoms with Crippen LogP contribution in [0.3, 0.4) is 0 Å². The molecular weight excluding hydrogens is 292 g/mol. The second kappa shape index (κ2) is 8.67. The molecule has 2 rings (SSSR count). The third-order valence-electron chi connectivity index (χ3n) is 4.38. The fourth-order valence-corrected chi connectivity index (χ4v) is 2.87. The maximum Gasteiger partial charge on any atom is 0.411 e. The molecule has 1 aromatic rings. The minimum absolute atomic E-state index is 0.127. The van der Waals surface area contributed by atoms with Crippen LogP contribution in [0.1, 0.15) is 43.5 Å². The Bertz CT molecular complexity index is 520. The number of amides is 1. The van der Waals surface area contributed by atoms with Crippen molar-refractivity contribution in [2.24, 2.45) is 5.92 Å². The molecule has 0 saturated carbocycles. The Hall–Kier alpha value is -1.88. The van der Waals surface area contributed by atoms with E-state index in [0.717, 1.165) is 19.0 Å². The first-order valence-corrected chi connectivity index (χ1v) is 8.41. The van der Waals surface area contributed by atoms with Crippen LogP contribution in [0.2, 0.25) is 0 Å². The molecule has 5 heteroatoms. The molecule has 1 amide bonds. The highest BCUT2D eigenvalue weighted by molar-refractivity contribution is 5.98. The number of carbonyl (C=O) groups is 2. The van der Waals surface area contributed by atoms with Gasteiger partial charge in [-0.3, -0.25) is 15.0 Å². The van der Waals surface area contributed by atoms with Gasteiger partial charge in [-0.05, 0) is 63.0 Å². The molecule has 0 aromatic heterocycles. The van der Waals surface area contributed by atoms with Crippen molar-refractivity contribution in [2.75, 3.05) is 31.6 Å². The van der Waals surface area contributed by atoms with E-state index in [1.54, 1.807) is 31.2 Å². The van der Waals surface area contributed by atoms with Gasteiger partial charge in [0.25, 0.3) is 0 Å². The summed E-state index contributed by atoms with van der Waals surface area (Å²) in [6, 6.07) is 6.96. The average Bonchev–Trinajstić information content (AvgIpc) is 2.56. The van der Waals surface area contributed by atoms with Gasteiger partial charge in [-0.25, -0.2) is 4.79 Å². The maximum absolute atomic E-state index is 12.3. The summed E-state index contributed by atoms with van der Waals surface area (Å²) in [4.78, 5) is 25.9. The predicted molar refractivity (Wildman–Crippen MR) is 90.9 cm³/mol. The summed E-state index contributed by atoms with van der Waals surface area (Å²) >= 11 is 0. The quantitative estimate of drug-likeness (QED) is 0.815. The SMILES string of the molecule is CCOC(=O)Nc1ccc(C(=O)CN2CCC(CC)CC2)cc1. The van der Waals surface area contributed by atoms with Crippen LogP contribution >= 0.6 is 0 Å². The summed E-state index contributed by atoms with van der Waals surface area (Å²) in [6.07, 6.45) is 3.13. The van der Waals surface area contributed by atoms with Gasteiger partial charge < -0.3 is 4.74 Å². The van der Waals surface area contributed by atoms with Gasteiger partial charge in [0.2, 0.25) is 0 Å². The molecule has 0 aliphatic carbocycles. The van der Waals surface area contributed by atoms with Crippen molar-refractivity contribution in [2.45, 2.75) is 33.1 Å². The van der Waals surface area contributed by atoms with Crippen LogP contribution in [0.15, 0.2) is 24.3 Å². The van der Waals surface area contributed by atoms with Gasteiger partial charge >= 0.3 is 6.09 Å². The number of hydrogen-bond donors (Lipinski definition) is 1. The molecule has 1 aliphatic heterocycles. The lowest BCUT2D eigenvalue weighted by Gasteiger charge is -2.30. The van der Waals surface area contributed by atoms with Crippen molar-refractivity contribution in [3.63, 3.8) is 0 Å². The Morgan fingerprint density at radius 3 is 2.39 bits per heavy atom. The molecule has 5 nitrogen and oxygen atoms in total. The smallest absolute Gasteiger partial charge is 0.411 e. The third kappa shape index (κ3) is 5.36. The van der Waals surface area contributed by atoms with Gasteiger partial charge in [0.15, 0.2) is 5.78 Å². The number of ether oxygens (including phenoxy) is 1. The van der Waals surface area contributed by atoms with Gasteiger partial charge in [-0.2, -0.15) is 0 Å². The second-order valence-corrected chi connectivity index (χ2v) is 5.97. The Balaban J connectivity index is 1.84. The van der Waals surface area contributed by atoms with E-state index in [1.165, 1.54) is 19.3 Å². The summed E-state index contributed by atoms with van der Waals surface area (Å²) < 4.78 is 4.82. The third-order valence-corrected chi connectivity index (χ3v) is 4.38. The van der Waals surface area contributed by atoms with E-state index in [1.807, 2.05) is 0 Å². The number of ketones is 1. The van der Waals surface area contributed by atoms with E-state index < -0.39 is 6.09 Å². The molecule has 1 aliphatic rings. The van der Waals surface area contributed by atoms with Crippen molar-refractivity contribution < 1.29 is 14.3 Å². The molecule has 0 bridgehead atoms. The van der Waals surface area contributed by atoms with Crippen molar-refractivity contribution in [3.05, 3.63) is 29.8 Å². The molecule has 0 spiro atoms. The molecule has 0 radical (unpaired) electrons. The van der Waals surface area contributed by atoms with Crippen LogP contribution in [0.4, 0.5) is 10.5 Å². The van der Waals surface area contributed by atoms with Crippen molar-refractivity contribution in [1.29, 1.82) is 0 Å². The highest BCUT2D eigenvalue weighted by Crippen LogP contribution is 2.20. The Labute approximate surface area is 138 Å². The topological polar surface area (TPSA) is 58.6 Å². The van der Waals surface area contributed by atoms with E-state index in [0.29, 0.717) is 24.4 Å². The monoisotopic (exact) mass is 318 g/mol. The Kier molecular flexibility index (Phi) is 6.59. The lowest BCUT2D eigenvalue weighted by molar-refractivity contribution is 0.0894. The number of rotatable bonds is 6. The van der Waals surface area contributed by atoms with Gasteiger partial charge in [-0.1, -0.05) is 13.3 Å². The van der Waals surface area contributed by atoms with E-state index in [-0.39, 0.29) is 5.78 Å². The summed E-state index contributed by atoms with van der Waals surface area (Å²) in [5, 5.41) is 2.62. The van der Waals surface area contributed by atoms with Crippen LogP contribution in [0.5, 0.6) is 0 Å². The molecule has 23 heavy (non-hydrogen) atoms. The number of anilines is 1. The van der Waals surface area contributed by atoms with E-state index in [2.05, 4.69) is 17.1 Å². The van der Waals surface area contributed by atoms with Crippen LogP contribution in [0.25, 0.3) is 0 Å². The highest BCUT2D eigenvalue weighted by Gasteiger charge is 2.20. The van der Waals surface area contributed by atoms with Gasteiger partial charge in [-0.15, -0.1) is 0 Å². The largest absolute Gasteiger partial charge is 0.450 e. The summed E-state index contributed by atoms with van der Waals surface area (Å²) in [7, 11) is 0. The van der Waals surface area contributed by atoms with Crippen LogP contribution < -0.4 is 5.32 Å². The minimum Gasteiger partial charge on any atom is -0.450 e. The second-order valence-electron chi connectivity index (χ2n) is 5.97. The summed E-state index contributed by atoms with van der Waals surface area (Å²) in [5.41, 5.74) is 1.31. The van der Waals surface area contributed by atoms with Crippen molar-refractivity contribution in [3.8, 4) is 0 Å². The van der Waals surface area contributed by atoms with Crippen LogP contribution in [-0.2, 0) is 4.74 Å². The normalized spacial score (nSPS) is 16.1. The molecular formula is C18H26N2O3. The number of hydrogen-bond acceptors (Lipinski definition) is 4. The van der Waals surface area contributed by atoms with E-state index >= 15 is 0 Å². The van der Waals surface area contributed by atoms with Gasteiger partial charge in [0.05, 0.1) is 13.2 Å². The standard InChI is InChI=1S/C18H26N2O3/c1-3-14-9-11-20(12-10-14)13-17(21)15-5-7-16(8-6-15)19-18(22)23-4-2/h5-8,14H,3-4,9-13H2,1-2H3,(H,19,22). The summed E-state index contributed by atoms with van der Waals surface area (Å²) in [5.74, 6) is 0.942. The molecule has 1 aromatic carbocycles. The lowest BCUT2D eigenvalue weighted by atomic mass is 9.94.